The summed E-state index contributed by atoms with van der Waals surface area (Å²) in [5.74, 6) is 0. The van der Waals surface area contributed by atoms with Gasteiger partial charge in [-0.15, -0.1) is 5.10 Å². The molecule has 114 valence electrons. The van der Waals surface area contributed by atoms with Crippen LogP contribution in [-0.4, -0.2) is 14.6 Å². The standard InChI is InChI=1S/C16H11BrN4OS/c1-9-6-7-13(11(17)8-9)18-15-20-21-14(22)10-4-2-3-5-12(10)19-16(21)23-15/h2-8H,1H3,(H,18,20). The Morgan fingerprint density at radius 3 is 2.87 bits per heavy atom. The minimum atomic E-state index is -0.155. The van der Waals surface area contributed by atoms with Crippen molar-refractivity contribution in [2.24, 2.45) is 0 Å². The lowest BCUT2D eigenvalue weighted by molar-refractivity contribution is 0.919. The van der Waals surface area contributed by atoms with E-state index in [-0.39, 0.29) is 5.56 Å². The number of hydrogen-bond donors (Lipinski definition) is 1. The van der Waals surface area contributed by atoms with Gasteiger partial charge in [0.05, 0.1) is 16.6 Å². The quantitative estimate of drug-likeness (QED) is 0.562. The van der Waals surface area contributed by atoms with Gasteiger partial charge in [0, 0.05) is 4.47 Å². The van der Waals surface area contributed by atoms with Gasteiger partial charge < -0.3 is 5.32 Å². The van der Waals surface area contributed by atoms with Gasteiger partial charge in [-0.05, 0) is 52.7 Å². The van der Waals surface area contributed by atoms with E-state index < -0.39 is 0 Å². The normalized spacial score (nSPS) is 11.2. The molecule has 0 saturated carbocycles. The van der Waals surface area contributed by atoms with Crippen LogP contribution < -0.4 is 10.9 Å². The van der Waals surface area contributed by atoms with Gasteiger partial charge in [0.1, 0.15) is 0 Å². The molecule has 2 aromatic carbocycles. The number of hydrogen-bond acceptors (Lipinski definition) is 5. The van der Waals surface area contributed by atoms with Crippen LogP contribution in [0.25, 0.3) is 15.9 Å². The molecule has 1 N–H and O–H groups in total. The smallest absolute Gasteiger partial charge is 0.283 e. The van der Waals surface area contributed by atoms with Crippen molar-refractivity contribution in [2.75, 3.05) is 5.32 Å². The SMILES string of the molecule is Cc1ccc(Nc2nn3c(=O)c4ccccc4nc3s2)c(Br)c1. The Bertz CT molecular complexity index is 1100. The van der Waals surface area contributed by atoms with Gasteiger partial charge in [0.25, 0.3) is 5.56 Å². The third-order valence-electron chi connectivity index (χ3n) is 3.47. The molecule has 0 atom stereocenters. The third-order valence-corrected chi connectivity index (χ3v) is 4.95. The van der Waals surface area contributed by atoms with Crippen molar-refractivity contribution in [3.8, 4) is 0 Å². The summed E-state index contributed by atoms with van der Waals surface area (Å²) >= 11 is 4.87. The zero-order valence-corrected chi connectivity index (χ0v) is 14.5. The Hall–Kier alpha value is -2.25. The average molecular weight is 387 g/mol. The maximum atomic E-state index is 12.5. The zero-order valence-electron chi connectivity index (χ0n) is 12.1. The number of halogens is 1. The molecule has 0 aliphatic carbocycles. The Morgan fingerprint density at radius 1 is 1.22 bits per heavy atom. The number of aromatic nitrogens is 3. The van der Waals surface area contributed by atoms with Crippen LogP contribution in [0.4, 0.5) is 10.8 Å². The van der Waals surface area contributed by atoms with Crippen molar-refractivity contribution in [1.29, 1.82) is 0 Å². The number of nitrogens with zero attached hydrogens (tertiary/aromatic N) is 3. The Kier molecular flexibility index (Phi) is 3.39. The van der Waals surface area contributed by atoms with Crippen LogP contribution in [0, 0.1) is 6.92 Å². The summed E-state index contributed by atoms with van der Waals surface area (Å²) in [7, 11) is 0. The first kappa shape index (κ1) is 14.3. The molecule has 2 heterocycles. The first-order valence-electron chi connectivity index (χ1n) is 6.93. The van der Waals surface area contributed by atoms with Crippen molar-refractivity contribution < 1.29 is 0 Å². The van der Waals surface area contributed by atoms with Crippen LogP contribution in [0.1, 0.15) is 5.56 Å². The second-order valence-corrected chi connectivity index (χ2v) is 6.95. The van der Waals surface area contributed by atoms with E-state index in [9.17, 15) is 4.79 Å². The zero-order chi connectivity index (χ0) is 16.0. The fourth-order valence-corrected chi connectivity index (χ4v) is 3.75. The molecule has 0 fully saturated rings. The van der Waals surface area contributed by atoms with Gasteiger partial charge in [-0.3, -0.25) is 4.79 Å². The molecule has 0 aliphatic rings. The Balaban J connectivity index is 1.84. The summed E-state index contributed by atoms with van der Waals surface area (Å²) in [6.07, 6.45) is 0. The topological polar surface area (TPSA) is 59.3 Å². The highest BCUT2D eigenvalue weighted by Crippen LogP contribution is 2.28. The van der Waals surface area contributed by atoms with E-state index >= 15 is 0 Å². The summed E-state index contributed by atoms with van der Waals surface area (Å²) < 4.78 is 2.29. The third kappa shape index (κ3) is 2.51. The molecular formula is C16H11BrN4OS. The molecule has 5 nitrogen and oxygen atoms in total. The summed E-state index contributed by atoms with van der Waals surface area (Å²) in [5, 5.41) is 8.77. The number of benzene rings is 2. The lowest BCUT2D eigenvalue weighted by Gasteiger charge is -2.05. The molecule has 0 radical (unpaired) electrons. The van der Waals surface area contributed by atoms with E-state index in [2.05, 4.69) is 31.3 Å². The number of anilines is 2. The van der Waals surface area contributed by atoms with Gasteiger partial charge in [-0.25, -0.2) is 4.98 Å². The van der Waals surface area contributed by atoms with Crippen LogP contribution in [0.15, 0.2) is 51.7 Å². The molecule has 0 spiro atoms. The molecule has 0 saturated heterocycles. The van der Waals surface area contributed by atoms with E-state index in [1.807, 2.05) is 43.3 Å². The molecule has 0 unspecified atom stereocenters. The highest BCUT2D eigenvalue weighted by molar-refractivity contribution is 9.10. The van der Waals surface area contributed by atoms with E-state index in [0.717, 1.165) is 15.7 Å². The lowest BCUT2D eigenvalue weighted by Crippen LogP contribution is -2.15. The van der Waals surface area contributed by atoms with E-state index in [1.165, 1.54) is 15.9 Å². The van der Waals surface area contributed by atoms with E-state index in [1.54, 1.807) is 6.07 Å². The average Bonchev–Trinajstić information content (AvgIpc) is 2.93. The fraction of sp³-hybridized carbons (Fsp3) is 0.0625. The predicted octanol–water partition coefficient (Wildman–Crippen LogP) is 4.12. The highest BCUT2D eigenvalue weighted by Gasteiger charge is 2.11. The van der Waals surface area contributed by atoms with Crippen molar-refractivity contribution in [3.63, 3.8) is 0 Å². The largest absolute Gasteiger partial charge is 0.329 e. The minimum absolute atomic E-state index is 0.155. The van der Waals surface area contributed by atoms with Crippen molar-refractivity contribution in [3.05, 3.63) is 62.9 Å². The number of fused-ring (bicyclic) bond motifs is 2. The van der Waals surface area contributed by atoms with Crippen LogP contribution in [0.5, 0.6) is 0 Å². The number of nitrogens with one attached hydrogen (secondary N) is 1. The van der Waals surface area contributed by atoms with Crippen LogP contribution in [-0.2, 0) is 0 Å². The Labute approximate surface area is 143 Å². The molecule has 4 rings (SSSR count). The second kappa shape index (κ2) is 5.43. The molecule has 0 bridgehead atoms. The van der Waals surface area contributed by atoms with Gasteiger partial charge in [0.2, 0.25) is 10.1 Å². The molecule has 23 heavy (non-hydrogen) atoms. The minimum Gasteiger partial charge on any atom is -0.329 e. The summed E-state index contributed by atoms with van der Waals surface area (Å²) in [4.78, 5) is 17.6. The first-order valence-corrected chi connectivity index (χ1v) is 8.54. The van der Waals surface area contributed by atoms with Gasteiger partial charge in [0.15, 0.2) is 0 Å². The highest BCUT2D eigenvalue weighted by atomic mass is 79.9. The molecule has 2 aromatic heterocycles. The molecular weight excluding hydrogens is 376 g/mol. The summed E-state index contributed by atoms with van der Waals surface area (Å²) in [6, 6.07) is 13.3. The molecule has 4 aromatic rings. The summed E-state index contributed by atoms with van der Waals surface area (Å²) in [5.41, 5.74) is 2.59. The van der Waals surface area contributed by atoms with E-state index in [0.29, 0.717) is 21.0 Å². The molecule has 0 amide bonds. The summed E-state index contributed by atoms with van der Waals surface area (Å²) in [6.45, 7) is 2.03. The van der Waals surface area contributed by atoms with Gasteiger partial charge in [-0.1, -0.05) is 29.5 Å². The molecule has 0 aliphatic heterocycles. The number of rotatable bonds is 2. The van der Waals surface area contributed by atoms with Crippen LogP contribution in [0.3, 0.4) is 0 Å². The molecule has 7 heteroatoms. The van der Waals surface area contributed by atoms with Crippen LogP contribution >= 0.6 is 27.3 Å². The van der Waals surface area contributed by atoms with Gasteiger partial charge >= 0.3 is 0 Å². The fourth-order valence-electron chi connectivity index (χ4n) is 2.34. The predicted molar refractivity (Wildman–Crippen MR) is 96.8 cm³/mol. The van der Waals surface area contributed by atoms with Crippen LogP contribution in [0.2, 0.25) is 0 Å². The lowest BCUT2D eigenvalue weighted by atomic mass is 10.2. The van der Waals surface area contributed by atoms with Crippen molar-refractivity contribution >= 4 is 53.9 Å². The maximum Gasteiger partial charge on any atom is 0.283 e. The van der Waals surface area contributed by atoms with Crippen molar-refractivity contribution in [2.45, 2.75) is 6.92 Å². The first-order chi connectivity index (χ1) is 11.1. The van der Waals surface area contributed by atoms with Gasteiger partial charge in [-0.2, -0.15) is 4.52 Å². The van der Waals surface area contributed by atoms with Crippen molar-refractivity contribution in [1.82, 2.24) is 14.6 Å². The number of para-hydroxylation sites is 1. The monoisotopic (exact) mass is 386 g/mol. The second-order valence-electron chi connectivity index (χ2n) is 5.14. The Morgan fingerprint density at radius 2 is 2.04 bits per heavy atom. The maximum absolute atomic E-state index is 12.5. The van der Waals surface area contributed by atoms with E-state index in [4.69, 9.17) is 0 Å². The number of aryl methyl sites for hydroxylation is 1.